The predicted octanol–water partition coefficient (Wildman–Crippen LogP) is 2.71. The first-order chi connectivity index (χ1) is 8.93. The van der Waals surface area contributed by atoms with Gasteiger partial charge < -0.3 is 10.4 Å². The standard InChI is InChI=1S/C13H16N2O4/c1-9-6-10(8-11(7-9)15(18)19)14-13(12(16)17)4-2-3-5-13/h6-8,14H,2-5H2,1H3,(H,16,17). The highest BCUT2D eigenvalue weighted by Gasteiger charge is 2.41. The van der Waals surface area contributed by atoms with E-state index in [4.69, 9.17) is 0 Å². The molecule has 1 aromatic carbocycles. The van der Waals surface area contributed by atoms with Crippen molar-refractivity contribution in [1.82, 2.24) is 0 Å². The van der Waals surface area contributed by atoms with Gasteiger partial charge in [-0.1, -0.05) is 12.8 Å². The van der Waals surface area contributed by atoms with Gasteiger partial charge >= 0.3 is 5.97 Å². The topological polar surface area (TPSA) is 92.5 Å². The van der Waals surface area contributed by atoms with Crippen LogP contribution in [0.15, 0.2) is 18.2 Å². The normalized spacial score (nSPS) is 17.1. The zero-order valence-corrected chi connectivity index (χ0v) is 10.7. The average Bonchev–Trinajstić information content (AvgIpc) is 2.78. The average molecular weight is 264 g/mol. The van der Waals surface area contributed by atoms with Crippen molar-refractivity contribution in [3.05, 3.63) is 33.9 Å². The molecule has 1 aromatic rings. The zero-order valence-electron chi connectivity index (χ0n) is 10.7. The van der Waals surface area contributed by atoms with E-state index in [0.717, 1.165) is 18.4 Å². The molecule has 0 unspecified atom stereocenters. The minimum Gasteiger partial charge on any atom is -0.480 e. The van der Waals surface area contributed by atoms with Crippen LogP contribution in [0, 0.1) is 17.0 Å². The third-order valence-corrected chi connectivity index (χ3v) is 3.52. The Balaban J connectivity index is 2.32. The third-order valence-electron chi connectivity index (χ3n) is 3.52. The van der Waals surface area contributed by atoms with E-state index in [1.165, 1.54) is 12.1 Å². The monoisotopic (exact) mass is 264 g/mol. The van der Waals surface area contributed by atoms with Crippen molar-refractivity contribution in [2.75, 3.05) is 5.32 Å². The lowest BCUT2D eigenvalue weighted by Crippen LogP contribution is -2.43. The van der Waals surface area contributed by atoms with Gasteiger partial charge in [-0.15, -0.1) is 0 Å². The highest BCUT2D eigenvalue weighted by Crippen LogP contribution is 2.34. The van der Waals surface area contributed by atoms with Crippen molar-refractivity contribution in [3.8, 4) is 0 Å². The summed E-state index contributed by atoms with van der Waals surface area (Å²) < 4.78 is 0. The van der Waals surface area contributed by atoms with Gasteiger partial charge in [0.05, 0.1) is 4.92 Å². The van der Waals surface area contributed by atoms with Gasteiger partial charge in [0.1, 0.15) is 5.54 Å². The number of nitrogens with zero attached hydrogens (tertiary/aromatic N) is 1. The summed E-state index contributed by atoms with van der Waals surface area (Å²) in [6, 6.07) is 4.58. The summed E-state index contributed by atoms with van der Waals surface area (Å²) in [6.07, 6.45) is 2.80. The smallest absolute Gasteiger partial charge is 0.329 e. The number of carboxylic acid groups (broad SMARTS) is 1. The first kappa shape index (κ1) is 13.3. The minimum atomic E-state index is -0.984. The largest absolute Gasteiger partial charge is 0.480 e. The molecule has 0 bridgehead atoms. The van der Waals surface area contributed by atoms with E-state index in [1.54, 1.807) is 13.0 Å². The number of hydrogen-bond donors (Lipinski definition) is 2. The Morgan fingerprint density at radius 2 is 2.00 bits per heavy atom. The summed E-state index contributed by atoms with van der Waals surface area (Å²) in [5.41, 5.74) is 0.217. The molecule has 1 saturated carbocycles. The number of aliphatic carboxylic acids is 1. The van der Waals surface area contributed by atoms with Gasteiger partial charge in [-0.2, -0.15) is 0 Å². The summed E-state index contributed by atoms with van der Waals surface area (Å²) in [7, 11) is 0. The lowest BCUT2D eigenvalue weighted by molar-refractivity contribution is -0.384. The van der Waals surface area contributed by atoms with E-state index < -0.39 is 16.4 Å². The van der Waals surface area contributed by atoms with Crippen LogP contribution in [0.2, 0.25) is 0 Å². The van der Waals surface area contributed by atoms with E-state index in [2.05, 4.69) is 5.32 Å². The molecule has 2 N–H and O–H groups in total. The SMILES string of the molecule is Cc1cc(NC2(C(=O)O)CCCC2)cc([N+](=O)[O-])c1. The van der Waals surface area contributed by atoms with Gasteiger partial charge in [0.2, 0.25) is 0 Å². The Kier molecular flexibility index (Phi) is 3.42. The number of hydrogen-bond acceptors (Lipinski definition) is 4. The number of anilines is 1. The highest BCUT2D eigenvalue weighted by molar-refractivity contribution is 5.83. The molecule has 0 atom stereocenters. The molecule has 0 spiro atoms. The Morgan fingerprint density at radius 1 is 1.37 bits per heavy atom. The Bertz CT molecular complexity index is 521. The highest BCUT2D eigenvalue weighted by atomic mass is 16.6. The number of non-ortho nitro benzene ring substituents is 1. The number of carboxylic acids is 1. The molecule has 0 aliphatic heterocycles. The fourth-order valence-corrected chi connectivity index (χ4v) is 2.59. The van der Waals surface area contributed by atoms with Crippen LogP contribution in [0.1, 0.15) is 31.2 Å². The van der Waals surface area contributed by atoms with Crippen molar-refractivity contribution in [2.45, 2.75) is 38.1 Å². The van der Waals surface area contributed by atoms with Gasteiger partial charge in [0, 0.05) is 17.8 Å². The van der Waals surface area contributed by atoms with Crippen molar-refractivity contribution >= 4 is 17.3 Å². The van der Waals surface area contributed by atoms with Crippen LogP contribution in [-0.4, -0.2) is 21.5 Å². The maximum atomic E-state index is 11.4. The van der Waals surface area contributed by atoms with Crippen LogP contribution in [-0.2, 0) is 4.79 Å². The number of nitro groups is 1. The Hall–Kier alpha value is -2.11. The maximum absolute atomic E-state index is 11.4. The minimum absolute atomic E-state index is 0.0268. The quantitative estimate of drug-likeness (QED) is 0.644. The second-order valence-corrected chi connectivity index (χ2v) is 5.03. The molecule has 6 heteroatoms. The number of carbonyl (C=O) groups is 1. The van der Waals surface area contributed by atoms with Crippen LogP contribution in [0.5, 0.6) is 0 Å². The number of nitrogens with one attached hydrogen (secondary N) is 1. The fourth-order valence-electron chi connectivity index (χ4n) is 2.59. The molecule has 1 aliphatic rings. The van der Waals surface area contributed by atoms with E-state index in [9.17, 15) is 20.0 Å². The predicted molar refractivity (Wildman–Crippen MR) is 70.3 cm³/mol. The number of benzene rings is 1. The van der Waals surface area contributed by atoms with Gasteiger partial charge in [-0.25, -0.2) is 4.79 Å². The van der Waals surface area contributed by atoms with Crippen LogP contribution in [0.4, 0.5) is 11.4 Å². The molecule has 2 rings (SSSR count). The molecular formula is C13H16N2O4. The van der Waals surface area contributed by atoms with E-state index >= 15 is 0 Å². The molecular weight excluding hydrogens is 248 g/mol. The van der Waals surface area contributed by atoms with Gasteiger partial charge in [0.25, 0.3) is 5.69 Å². The van der Waals surface area contributed by atoms with Crippen LogP contribution in [0.25, 0.3) is 0 Å². The van der Waals surface area contributed by atoms with Crippen molar-refractivity contribution in [1.29, 1.82) is 0 Å². The summed E-state index contributed by atoms with van der Waals surface area (Å²) in [6.45, 7) is 1.75. The summed E-state index contributed by atoms with van der Waals surface area (Å²) >= 11 is 0. The maximum Gasteiger partial charge on any atom is 0.329 e. The Morgan fingerprint density at radius 3 is 2.53 bits per heavy atom. The second kappa shape index (κ2) is 4.87. The number of rotatable bonds is 4. The third kappa shape index (κ3) is 2.67. The first-order valence-electron chi connectivity index (χ1n) is 6.21. The van der Waals surface area contributed by atoms with Crippen molar-refractivity contribution in [3.63, 3.8) is 0 Å². The molecule has 0 radical (unpaired) electrons. The zero-order chi connectivity index (χ0) is 14.0. The lowest BCUT2D eigenvalue weighted by atomic mass is 9.97. The molecule has 0 saturated heterocycles. The van der Waals surface area contributed by atoms with Gasteiger partial charge in [-0.05, 0) is 31.4 Å². The Labute approximate surface area is 110 Å². The lowest BCUT2D eigenvalue weighted by Gasteiger charge is -2.26. The van der Waals surface area contributed by atoms with Crippen molar-refractivity contribution in [2.24, 2.45) is 0 Å². The summed E-state index contributed by atoms with van der Waals surface area (Å²) in [4.78, 5) is 21.8. The molecule has 0 heterocycles. The molecule has 0 amide bonds. The van der Waals surface area contributed by atoms with E-state index in [1.807, 2.05) is 0 Å². The van der Waals surface area contributed by atoms with Crippen LogP contribution >= 0.6 is 0 Å². The molecule has 6 nitrogen and oxygen atoms in total. The van der Waals surface area contributed by atoms with Crippen molar-refractivity contribution < 1.29 is 14.8 Å². The second-order valence-electron chi connectivity index (χ2n) is 5.03. The number of nitro benzene ring substituents is 1. The van der Waals surface area contributed by atoms with Crippen LogP contribution < -0.4 is 5.32 Å². The first-order valence-corrected chi connectivity index (χ1v) is 6.21. The molecule has 1 fully saturated rings. The molecule has 1 aliphatic carbocycles. The molecule has 102 valence electrons. The van der Waals surface area contributed by atoms with E-state index in [-0.39, 0.29) is 5.69 Å². The number of aryl methyl sites for hydroxylation is 1. The van der Waals surface area contributed by atoms with Crippen LogP contribution in [0.3, 0.4) is 0 Å². The van der Waals surface area contributed by atoms with E-state index in [0.29, 0.717) is 18.5 Å². The summed E-state index contributed by atoms with van der Waals surface area (Å²) in [5.74, 6) is -0.894. The summed E-state index contributed by atoms with van der Waals surface area (Å²) in [5, 5.41) is 23.2. The van der Waals surface area contributed by atoms with Gasteiger partial charge in [0.15, 0.2) is 0 Å². The van der Waals surface area contributed by atoms with Gasteiger partial charge in [-0.3, -0.25) is 10.1 Å². The fraction of sp³-hybridized carbons (Fsp3) is 0.462. The molecule has 0 aromatic heterocycles. The molecule has 19 heavy (non-hydrogen) atoms.